The first-order valence-electron chi connectivity index (χ1n) is 15.0. The highest BCUT2D eigenvalue weighted by molar-refractivity contribution is 5.80. The number of rotatable bonds is 5. The molecule has 2 bridgehead atoms. The maximum atomic E-state index is 4.82. The van der Waals surface area contributed by atoms with Crippen LogP contribution in [0.1, 0.15) is 105 Å². The summed E-state index contributed by atoms with van der Waals surface area (Å²) in [5.74, 6) is 3.50. The molecule has 2 saturated heterocycles. The summed E-state index contributed by atoms with van der Waals surface area (Å²) in [7, 11) is 0. The molecule has 2 aromatic carbocycles. The lowest BCUT2D eigenvalue weighted by atomic mass is 9.82. The Bertz CT molecular complexity index is 1510. The van der Waals surface area contributed by atoms with Crippen LogP contribution in [0.4, 0.5) is 0 Å². The summed E-state index contributed by atoms with van der Waals surface area (Å²) in [4.78, 5) is 16.8. The largest absolute Gasteiger partial charge is 0.341 e. The van der Waals surface area contributed by atoms with Gasteiger partial charge in [-0.2, -0.15) is 0 Å². The number of benzene rings is 2. The summed E-state index contributed by atoms with van der Waals surface area (Å²) in [5.41, 5.74) is 10.7. The van der Waals surface area contributed by atoms with E-state index in [0.29, 0.717) is 36.0 Å². The average molecular weight is 519 g/mol. The monoisotopic (exact) mass is 518 g/mol. The molecule has 39 heavy (non-hydrogen) atoms. The SMILES string of the molecule is C[C@H]1CC[C@@H](c2ncc(-c3ccc(-c4ccc(-c5cnc([C@@H]6CC[C@H](C)N6)[nH]5)c5c4C4CCC5C4)cc3)[nH]2)N1. The van der Waals surface area contributed by atoms with E-state index in [1.807, 2.05) is 6.20 Å². The second-order valence-corrected chi connectivity index (χ2v) is 12.5. The minimum absolute atomic E-state index is 0.341. The topological polar surface area (TPSA) is 81.4 Å². The Balaban J connectivity index is 1.10. The van der Waals surface area contributed by atoms with E-state index in [0.717, 1.165) is 30.2 Å². The molecule has 4 N–H and O–H groups in total. The molecule has 4 heterocycles. The van der Waals surface area contributed by atoms with E-state index in [2.05, 4.69) is 77.0 Å². The smallest absolute Gasteiger partial charge is 0.123 e. The van der Waals surface area contributed by atoms with Crippen LogP contribution in [0.15, 0.2) is 48.8 Å². The highest BCUT2D eigenvalue weighted by atomic mass is 15.1. The third kappa shape index (κ3) is 3.99. The van der Waals surface area contributed by atoms with E-state index in [-0.39, 0.29) is 0 Å². The highest BCUT2D eigenvalue weighted by Gasteiger charge is 2.40. The van der Waals surface area contributed by atoms with Crippen molar-refractivity contribution in [3.63, 3.8) is 0 Å². The third-order valence-corrected chi connectivity index (χ3v) is 9.93. The first kappa shape index (κ1) is 23.6. The lowest BCUT2D eigenvalue weighted by Gasteiger charge is -2.22. The number of aromatic nitrogens is 4. The van der Waals surface area contributed by atoms with Gasteiger partial charge in [-0.25, -0.2) is 9.97 Å². The molecule has 6 heteroatoms. The molecule has 2 aliphatic carbocycles. The Morgan fingerprint density at radius 3 is 1.74 bits per heavy atom. The van der Waals surface area contributed by atoms with Crippen LogP contribution in [0.5, 0.6) is 0 Å². The first-order valence-corrected chi connectivity index (χ1v) is 15.0. The van der Waals surface area contributed by atoms with Gasteiger partial charge in [0.2, 0.25) is 0 Å². The van der Waals surface area contributed by atoms with Gasteiger partial charge in [-0.05, 0) is 98.4 Å². The molecule has 1 saturated carbocycles. The predicted molar refractivity (Wildman–Crippen MR) is 156 cm³/mol. The van der Waals surface area contributed by atoms with Crippen molar-refractivity contribution in [2.75, 3.05) is 0 Å². The van der Waals surface area contributed by atoms with Crippen molar-refractivity contribution in [3.05, 3.63) is 71.6 Å². The maximum Gasteiger partial charge on any atom is 0.123 e. The predicted octanol–water partition coefficient (Wildman–Crippen LogP) is 7.12. The molecule has 2 aromatic heterocycles. The van der Waals surface area contributed by atoms with Crippen LogP contribution in [-0.4, -0.2) is 32.0 Å². The lowest BCUT2D eigenvalue weighted by Crippen LogP contribution is -2.21. The maximum absolute atomic E-state index is 4.82. The van der Waals surface area contributed by atoms with Crippen LogP contribution in [0.2, 0.25) is 0 Å². The minimum Gasteiger partial charge on any atom is -0.341 e. The number of fused-ring (bicyclic) bond motifs is 5. The molecule has 2 unspecified atom stereocenters. The Hall–Kier alpha value is -3.22. The molecule has 4 aliphatic rings. The standard InChI is InChI=1S/C33H38N6/c1-18-3-13-26(36-18)32-34-16-28(38-32)21-7-5-20(6-8-21)24-11-12-25(31-23-10-9-22(15-23)30(24)31)29-17-35-33(39-29)27-14-4-19(2)37-27/h5-8,11-12,16-19,22-23,26-27,36-37H,3-4,9-10,13-15H2,1-2H3,(H,34,38)(H,35,39)/t18-,19-,22?,23?,26-,27-/m0/s1. The molecular weight excluding hydrogens is 480 g/mol. The van der Waals surface area contributed by atoms with Crippen LogP contribution >= 0.6 is 0 Å². The molecule has 0 amide bonds. The number of hydrogen-bond donors (Lipinski definition) is 4. The van der Waals surface area contributed by atoms with Crippen LogP contribution in [-0.2, 0) is 0 Å². The molecule has 200 valence electrons. The van der Waals surface area contributed by atoms with Gasteiger partial charge in [0.25, 0.3) is 0 Å². The molecule has 6 nitrogen and oxygen atoms in total. The number of H-pyrrole nitrogens is 2. The summed E-state index contributed by atoms with van der Waals surface area (Å²) in [6.45, 7) is 4.51. The Labute approximate surface area is 230 Å². The second kappa shape index (κ2) is 9.17. The van der Waals surface area contributed by atoms with Gasteiger partial charge >= 0.3 is 0 Å². The fourth-order valence-corrected chi connectivity index (χ4v) is 7.93. The van der Waals surface area contributed by atoms with Crippen LogP contribution in [0.3, 0.4) is 0 Å². The van der Waals surface area contributed by atoms with Gasteiger partial charge in [-0.15, -0.1) is 0 Å². The zero-order valence-corrected chi connectivity index (χ0v) is 22.9. The van der Waals surface area contributed by atoms with Crippen molar-refractivity contribution in [1.29, 1.82) is 0 Å². The van der Waals surface area contributed by atoms with E-state index in [1.165, 1.54) is 60.1 Å². The summed E-state index contributed by atoms with van der Waals surface area (Å²) < 4.78 is 0. The van der Waals surface area contributed by atoms with Crippen LogP contribution in [0.25, 0.3) is 33.6 Å². The summed E-state index contributed by atoms with van der Waals surface area (Å²) >= 11 is 0. The quantitative estimate of drug-likeness (QED) is 0.227. The van der Waals surface area contributed by atoms with Gasteiger partial charge in [0.1, 0.15) is 11.6 Å². The number of nitrogens with one attached hydrogen (secondary N) is 4. The van der Waals surface area contributed by atoms with Crippen molar-refractivity contribution in [1.82, 2.24) is 30.6 Å². The van der Waals surface area contributed by atoms with E-state index >= 15 is 0 Å². The van der Waals surface area contributed by atoms with E-state index in [9.17, 15) is 0 Å². The molecule has 8 rings (SSSR count). The molecule has 0 spiro atoms. The number of hydrogen-bond acceptors (Lipinski definition) is 4. The Morgan fingerprint density at radius 2 is 1.13 bits per heavy atom. The number of aromatic amines is 2. The summed E-state index contributed by atoms with van der Waals surface area (Å²) in [5, 5.41) is 7.31. The summed E-state index contributed by atoms with van der Waals surface area (Å²) in [6, 6.07) is 15.6. The van der Waals surface area contributed by atoms with Gasteiger partial charge in [0, 0.05) is 17.6 Å². The fourth-order valence-electron chi connectivity index (χ4n) is 7.93. The zero-order valence-electron chi connectivity index (χ0n) is 22.9. The van der Waals surface area contributed by atoms with Crippen LogP contribution in [0, 0.1) is 0 Å². The van der Waals surface area contributed by atoms with Crippen molar-refractivity contribution in [2.24, 2.45) is 0 Å². The number of imidazole rings is 2. The molecular formula is C33H38N6. The average Bonchev–Trinajstić information content (AvgIpc) is 3.79. The number of nitrogens with zero attached hydrogens (tertiary/aromatic N) is 2. The lowest BCUT2D eigenvalue weighted by molar-refractivity contribution is 0.564. The molecule has 2 aliphatic heterocycles. The van der Waals surface area contributed by atoms with Crippen molar-refractivity contribution in [2.45, 2.75) is 94.8 Å². The third-order valence-electron chi connectivity index (χ3n) is 9.93. The van der Waals surface area contributed by atoms with E-state index in [1.54, 1.807) is 11.1 Å². The molecule has 6 atom stereocenters. The Morgan fingerprint density at radius 1 is 0.590 bits per heavy atom. The molecule has 0 radical (unpaired) electrons. The minimum atomic E-state index is 0.341. The second-order valence-electron chi connectivity index (χ2n) is 12.5. The van der Waals surface area contributed by atoms with Gasteiger partial charge < -0.3 is 20.6 Å². The molecule has 4 aromatic rings. The van der Waals surface area contributed by atoms with E-state index < -0.39 is 0 Å². The summed E-state index contributed by atoms with van der Waals surface area (Å²) in [6.07, 6.45) is 12.7. The van der Waals surface area contributed by atoms with Gasteiger partial charge in [0.05, 0.1) is 35.9 Å². The van der Waals surface area contributed by atoms with Crippen molar-refractivity contribution >= 4 is 0 Å². The van der Waals surface area contributed by atoms with Gasteiger partial charge in [-0.3, -0.25) is 0 Å². The fraction of sp³-hybridized carbons (Fsp3) is 0.455. The van der Waals surface area contributed by atoms with Crippen LogP contribution < -0.4 is 10.6 Å². The first-order chi connectivity index (χ1) is 19.1. The van der Waals surface area contributed by atoms with Crippen molar-refractivity contribution in [3.8, 4) is 33.6 Å². The highest BCUT2D eigenvalue weighted by Crippen LogP contribution is 2.58. The Kier molecular flexibility index (Phi) is 5.56. The zero-order chi connectivity index (χ0) is 26.1. The van der Waals surface area contributed by atoms with Crippen molar-refractivity contribution < 1.29 is 0 Å². The normalized spacial score (nSPS) is 29.4. The van der Waals surface area contributed by atoms with Gasteiger partial charge in [-0.1, -0.05) is 36.4 Å². The van der Waals surface area contributed by atoms with Gasteiger partial charge in [0.15, 0.2) is 0 Å². The molecule has 3 fully saturated rings. The van der Waals surface area contributed by atoms with E-state index in [4.69, 9.17) is 9.97 Å².